The van der Waals surface area contributed by atoms with Crippen LogP contribution in [0.4, 0.5) is 0 Å². The van der Waals surface area contributed by atoms with E-state index >= 15 is 0 Å². The molecule has 2 N–H and O–H groups in total. The fourth-order valence-corrected chi connectivity index (χ4v) is 2.59. The van der Waals surface area contributed by atoms with Crippen LogP contribution in [0.3, 0.4) is 0 Å². The lowest BCUT2D eigenvalue weighted by Crippen LogP contribution is -2.39. The van der Waals surface area contributed by atoms with Gasteiger partial charge in [-0.05, 0) is 35.9 Å². The van der Waals surface area contributed by atoms with Crippen molar-refractivity contribution in [1.29, 1.82) is 0 Å². The molecule has 0 atom stereocenters. The lowest BCUT2D eigenvalue weighted by atomic mass is 10.2. The molecular formula is C19H16N2O6. The van der Waals surface area contributed by atoms with Crippen molar-refractivity contribution < 1.29 is 27.9 Å². The minimum Gasteiger partial charge on any atom is -0.472 e. The van der Waals surface area contributed by atoms with Crippen LogP contribution in [0.15, 0.2) is 57.8 Å². The molecule has 2 aromatic heterocycles. The first-order chi connectivity index (χ1) is 13.2. The maximum absolute atomic E-state index is 11.9. The first-order valence-electron chi connectivity index (χ1n) is 8.25. The van der Waals surface area contributed by atoms with E-state index in [9.17, 15) is 9.59 Å². The highest BCUT2D eigenvalue weighted by atomic mass is 16.7. The normalized spacial score (nSPS) is 12.0. The lowest BCUT2D eigenvalue weighted by molar-refractivity contribution is -0.139. The standard InChI is InChI=1S/C19H16N2O6/c22-18(20-8-12-1-3-16-17(7-12)26-11-25-16)19(23)21-9-14-2-4-15(27-14)13-5-6-24-10-13/h1-7,10H,8-9,11H2,(H,20,22)(H,21,23). The van der Waals surface area contributed by atoms with Crippen LogP contribution in [0.25, 0.3) is 11.3 Å². The van der Waals surface area contributed by atoms with E-state index < -0.39 is 11.8 Å². The number of benzene rings is 1. The number of carbonyl (C=O) groups excluding carboxylic acids is 2. The summed E-state index contributed by atoms with van der Waals surface area (Å²) in [4.78, 5) is 23.9. The van der Waals surface area contributed by atoms with E-state index in [0.717, 1.165) is 11.1 Å². The minimum absolute atomic E-state index is 0.105. The maximum atomic E-state index is 11.9. The summed E-state index contributed by atoms with van der Waals surface area (Å²) in [6.07, 6.45) is 3.11. The minimum atomic E-state index is -0.739. The number of amides is 2. The third-order valence-electron chi connectivity index (χ3n) is 3.99. The first-order valence-corrected chi connectivity index (χ1v) is 8.25. The Labute approximate surface area is 154 Å². The zero-order valence-electron chi connectivity index (χ0n) is 14.2. The highest BCUT2D eigenvalue weighted by molar-refractivity contribution is 6.35. The summed E-state index contributed by atoms with van der Waals surface area (Å²) in [6, 6.07) is 10.6. The zero-order chi connectivity index (χ0) is 18.6. The van der Waals surface area contributed by atoms with Crippen molar-refractivity contribution in [3.63, 3.8) is 0 Å². The van der Waals surface area contributed by atoms with Gasteiger partial charge < -0.3 is 28.9 Å². The number of hydrogen-bond donors (Lipinski definition) is 2. The van der Waals surface area contributed by atoms with Gasteiger partial charge in [0.15, 0.2) is 11.5 Å². The maximum Gasteiger partial charge on any atom is 0.309 e. The summed E-state index contributed by atoms with van der Waals surface area (Å²) in [6.45, 7) is 0.491. The van der Waals surface area contributed by atoms with E-state index in [-0.39, 0.29) is 19.9 Å². The van der Waals surface area contributed by atoms with Gasteiger partial charge in [-0.25, -0.2) is 0 Å². The lowest BCUT2D eigenvalue weighted by Gasteiger charge is -2.06. The van der Waals surface area contributed by atoms with E-state index in [4.69, 9.17) is 18.3 Å². The predicted octanol–water partition coefficient (Wildman–Crippen LogP) is 2.20. The smallest absolute Gasteiger partial charge is 0.309 e. The van der Waals surface area contributed by atoms with E-state index in [0.29, 0.717) is 23.0 Å². The highest BCUT2D eigenvalue weighted by Gasteiger charge is 2.16. The molecule has 0 saturated heterocycles. The molecule has 1 aliphatic rings. The molecule has 0 saturated carbocycles. The van der Waals surface area contributed by atoms with Crippen molar-refractivity contribution in [2.45, 2.75) is 13.1 Å². The second kappa shape index (κ2) is 7.28. The summed E-state index contributed by atoms with van der Waals surface area (Å²) in [5.41, 5.74) is 1.60. The molecule has 3 aromatic rings. The highest BCUT2D eigenvalue weighted by Crippen LogP contribution is 2.32. The Kier molecular flexibility index (Phi) is 4.52. The molecule has 0 unspecified atom stereocenters. The van der Waals surface area contributed by atoms with Crippen LogP contribution in [0.2, 0.25) is 0 Å². The van der Waals surface area contributed by atoms with Crippen LogP contribution in [-0.2, 0) is 22.7 Å². The summed E-state index contributed by atoms with van der Waals surface area (Å²) in [7, 11) is 0. The second-order valence-corrected chi connectivity index (χ2v) is 5.83. The van der Waals surface area contributed by atoms with Gasteiger partial charge in [0.2, 0.25) is 6.79 Å². The molecule has 2 amide bonds. The first kappa shape index (κ1) is 16.8. The Morgan fingerprint density at radius 1 is 0.926 bits per heavy atom. The summed E-state index contributed by atoms with van der Waals surface area (Å²) < 4.78 is 21.1. The molecule has 3 heterocycles. The van der Waals surface area contributed by atoms with Crippen LogP contribution in [-0.4, -0.2) is 18.6 Å². The van der Waals surface area contributed by atoms with Crippen LogP contribution in [0, 0.1) is 0 Å². The zero-order valence-corrected chi connectivity index (χ0v) is 14.2. The van der Waals surface area contributed by atoms with Crippen LogP contribution in [0.1, 0.15) is 11.3 Å². The summed E-state index contributed by atoms with van der Waals surface area (Å²) >= 11 is 0. The summed E-state index contributed by atoms with van der Waals surface area (Å²) in [5, 5.41) is 5.09. The number of furan rings is 2. The van der Waals surface area contributed by atoms with Gasteiger partial charge in [0.25, 0.3) is 0 Å². The van der Waals surface area contributed by atoms with Crippen LogP contribution < -0.4 is 20.1 Å². The quantitative estimate of drug-likeness (QED) is 0.669. The van der Waals surface area contributed by atoms with Gasteiger partial charge in [0.05, 0.1) is 18.4 Å². The van der Waals surface area contributed by atoms with Crippen molar-refractivity contribution in [3.05, 3.63) is 60.2 Å². The molecule has 0 fully saturated rings. The van der Waals surface area contributed by atoms with Crippen molar-refractivity contribution in [2.75, 3.05) is 6.79 Å². The third-order valence-corrected chi connectivity index (χ3v) is 3.99. The molecule has 27 heavy (non-hydrogen) atoms. The fourth-order valence-electron chi connectivity index (χ4n) is 2.59. The van der Waals surface area contributed by atoms with Gasteiger partial charge in [-0.15, -0.1) is 0 Å². The number of rotatable bonds is 5. The number of hydrogen-bond acceptors (Lipinski definition) is 6. The fraction of sp³-hybridized carbons (Fsp3) is 0.158. The van der Waals surface area contributed by atoms with E-state index in [1.54, 1.807) is 48.9 Å². The third kappa shape index (κ3) is 3.79. The predicted molar refractivity (Wildman–Crippen MR) is 92.7 cm³/mol. The van der Waals surface area contributed by atoms with Gasteiger partial charge in [-0.2, -0.15) is 0 Å². The molecule has 0 radical (unpaired) electrons. The Morgan fingerprint density at radius 2 is 1.74 bits per heavy atom. The van der Waals surface area contributed by atoms with Gasteiger partial charge >= 0.3 is 11.8 Å². The van der Waals surface area contributed by atoms with Crippen LogP contribution >= 0.6 is 0 Å². The van der Waals surface area contributed by atoms with E-state index in [1.807, 2.05) is 0 Å². The van der Waals surface area contributed by atoms with E-state index in [2.05, 4.69) is 10.6 Å². The second-order valence-electron chi connectivity index (χ2n) is 5.83. The average Bonchev–Trinajstić information content (AvgIpc) is 3.44. The number of carbonyl (C=O) groups is 2. The van der Waals surface area contributed by atoms with E-state index in [1.165, 1.54) is 0 Å². The van der Waals surface area contributed by atoms with Crippen molar-refractivity contribution in [3.8, 4) is 22.8 Å². The van der Waals surface area contributed by atoms with Crippen LogP contribution in [0.5, 0.6) is 11.5 Å². The molecule has 1 aliphatic heterocycles. The Morgan fingerprint density at radius 3 is 2.56 bits per heavy atom. The molecule has 0 spiro atoms. The van der Waals surface area contributed by atoms with Gasteiger partial charge in [0.1, 0.15) is 17.8 Å². The summed E-state index contributed by atoms with van der Waals surface area (Å²) in [5.74, 6) is 0.975. The largest absolute Gasteiger partial charge is 0.472 e. The number of ether oxygens (including phenoxy) is 2. The Bertz CT molecular complexity index is 961. The topological polar surface area (TPSA) is 103 Å². The van der Waals surface area contributed by atoms with Crippen molar-refractivity contribution >= 4 is 11.8 Å². The number of nitrogens with one attached hydrogen (secondary N) is 2. The van der Waals surface area contributed by atoms with Gasteiger partial charge in [-0.3, -0.25) is 9.59 Å². The molecular weight excluding hydrogens is 352 g/mol. The SMILES string of the molecule is O=C(NCc1ccc2c(c1)OCO2)C(=O)NCc1ccc(-c2ccoc2)o1. The van der Waals surface area contributed by atoms with Crippen molar-refractivity contribution in [2.24, 2.45) is 0 Å². The van der Waals surface area contributed by atoms with Crippen molar-refractivity contribution in [1.82, 2.24) is 10.6 Å². The molecule has 138 valence electrons. The molecule has 0 bridgehead atoms. The van der Waals surface area contributed by atoms with Gasteiger partial charge in [-0.1, -0.05) is 6.07 Å². The monoisotopic (exact) mass is 368 g/mol. The molecule has 1 aromatic carbocycles. The molecule has 0 aliphatic carbocycles. The number of fused-ring (bicyclic) bond motifs is 1. The Balaban J connectivity index is 1.26. The Hall–Kier alpha value is -3.68. The molecule has 8 nitrogen and oxygen atoms in total. The average molecular weight is 368 g/mol. The molecule has 4 rings (SSSR count). The van der Waals surface area contributed by atoms with Gasteiger partial charge in [0, 0.05) is 6.54 Å². The molecule has 8 heteroatoms.